The molecule has 0 saturated heterocycles. The molecule has 5 heteroatoms. The van der Waals surface area contributed by atoms with Crippen LogP contribution >= 0.6 is 50.7 Å². The maximum Gasteiger partial charge on any atom is 0.0551 e. The molecule has 0 fully saturated rings. The molecule has 0 aromatic heterocycles. The molecular weight excluding hydrogens is 380 g/mol. The Morgan fingerprint density at radius 1 is 1.05 bits per heavy atom. The number of nitrogens with one attached hydrogen (secondary N) is 1. The maximum atomic E-state index is 6.22. The van der Waals surface area contributed by atoms with Crippen molar-refractivity contribution in [3.05, 3.63) is 67.1 Å². The monoisotopic (exact) mass is 391 g/mol. The van der Waals surface area contributed by atoms with E-state index in [-0.39, 0.29) is 6.04 Å². The predicted molar refractivity (Wildman–Crippen MR) is 91.1 cm³/mol. The van der Waals surface area contributed by atoms with Crippen molar-refractivity contribution in [2.24, 2.45) is 0 Å². The lowest BCUT2D eigenvalue weighted by molar-refractivity contribution is 0.592. The van der Waals surface area contributed by atoms with Gasteiger partial charge < -0.3 is 5.32 Å². The Kier molecular flexibility index (Phi) is 5.76. The quantitative estimate of drug-likeness (QED) is 0.681. The molecule has 0 heterocycles. The van der Waals surface area contributed by atoms with Gasteiger partial charge in [-0.2, -0.15) is 0 Å². The highest BCUT2D eigenvalue weighted by Crippen LogP contribution is 2.29. The summed E-state index contributed by atoms with van der Waals surface area (Å²) < 4.78 is 0.888. The molecule has 1 nitrogen and oxygen atoms in total. The Morgan fingerprint density at radius 2 is 1.80 bits per heavy atom. The van der Waals surface area contributed by atoms with Crippen molar-refractivity contribution in [1.82, 2.24) is 5.32 Å². The van der Waals surface area contributed by atoms with Crippen LogP contribution in [0.15, 0.2) is 40.9 Å². The number of rotatable bonds is 4. The molecule has 0 aliphatic heterocycles. The summed E-state index contributed by atoms with van der Waals surface area (Å²) in [6, 6.07) is 11.6. The second kappa shape index (κ2) is 7.15. The van der Waals surface area contributed by atoms with Gasteiger partial charge in [0.1, 0.15) is 0 Å². The first-order valence-corrected chi connectivity index (χ1v) is 8.00. The second-order valence-corrected chi connectivity index (χ2v) is 6.56. The van der Waals surface area contributed by atoms with Crippen molar-refractivity contribution < 1.29 is 0 Å². The highest BCUT2D eigenvalue weighted by atomic mass is 79.9. The minimum atomic E-state index is 0.122. The molecule has 0 radical (unpaired) electrons. The first-order chi connectivity index (χ1) is 9.51. The maximum absolute atomic E-state index is 6.22. The summed E-state index contributed by atoms with van der Waals surface area (Å²) in [5.41, 5.74) is 2.12. The summed E-state index contributed by atoms with van der Waals surface area (Å²) in [4.78, 5) is 0. The van der Waals surface area contributed by atoms with Gasteiger partial charge >= 0.3 is 0 Å². The largest absolute Gasteiger partial charge is 0.313 e. The first kappa shape index (κ1) is 16.1. The van der Waals surface area contributed by atoms with Crippen molar-refractivity contribution in [1.29, 1.82) is 0 Å². The van der Waals surface area contributed by atoms with E-state index >= 15 is 0 Å². The third-order valence-electron chi connectivity index (χ3n) is 3.13. The summed E-state index contributed by atoms with van der Waals surface area (Å²) in [5.74, 6) is 0. The fourth-order valence-electron chi connectivity index (χ4n) is 2.04. The molecular formula is C15H13BrCl3N. The third-order valence-corrected chi connectivity index (χ3v) is 4.96. The minimum Gasteiger partial charge on any atom is -0.313 e. The van der Waals surface area contributed by atoms with Crippen LogP contribution in [0.25, 0.3) is 0 Å². The standard InChI is InChI=1S/C15H13BrCl3N/c1-20-15(9-2-4-12(16)14(19)7-9)8-10-6-11(17)3-5-13(10)18/h2-7,15,20H,8H2,1H3. The molecule has 0 saturated carbocycles. The van der Waals surface area contributed by atoms with Crippen LogP contribution in [0.3, 0.4) is 0 Å². The second-order valence-electron chi connectivity index (χ2n) is 4.45. The number of hydrogen-bond acceptors (Lipinski definition) is 1. The first-order valence-electron chi connectivity index (χ1n) is 6.07. The Bertz CT molecular complexity index is 616. The smallest absolute Gasteiger partial charge is 0.0551 e. The molecule has 0 aliphatic rings. The summed E-state index contributed by atoms with van der Waals surface area (Å²) >= 11 is 21.8. The average Bonchev–Trinajstić information content (AvgIpc) is 2.43. The number of benzene rings is 2. The van der Waals surface area contributed by atoms with Crippen molar-refractivity contribution >= 4 is 50.7 Å². The number of hydrogen-bond donors (Lipinski definition) is 1. The average molecular weight is 394 g/mol. The predicted octanol–water partition coefficient (Wildman–Crippen LogP) is 5.91. The molecule has 0 amide bonds. The van der Waals surface area contributed by atoms with Crippen molar-refractivity contribution in [2.45, 2.75) is 12.5 Å². The van der Waals surface area contributed by atoms with Gasteiger partial charge in [0.05, 0.1) is 5.02 Å². The van der Waals surface area contributed by atoms with E-state index in [0.29, 0.717) is 10.0 Å². The molecule has 1 atom stereocenters. The molecule has 106 valence electrons. The Labute approximate surface area is 142 Å². The van der Waals surface area contributed by atoms with Crippen LogP contribution in [0.5, 0.6) is 0 Å². The summed E-state index contributed by atoms with van der Waals surface area (Å²) in [6.45, 7) is 0. The van der Waals surface area contributed by atoms with E-state index in [1.54, 1.807) is 6.07 Å². The zero-order valence-electron chi connectivity index (χ0n) is 10.8. The fourth-order valence-corrected chi connectivity index (χ4v) is 2.86. The minimum absolute atomic E-state index is 0.122. The zero-order chi connectivity index (χ0) is 14.7. The number of likely N-dealkylation sites (N-methyl/N-ethyl adjacent to an activating group) is 1. The Balaban J connectivity index is 2.28. The van der Waals surface area contributed by atoms with Crippen LogP contribution in [0.1, 0.15) is 17.2 Å². The Morgan fingerprint density at radius 3 is 2.45 bits per heavy atom. The van der Waals surface area contributed by atoms with Gasteiger partial charge in [-0.05, 0) is 70.9 Å². The van der Waals surface area contributed by atoms with Gasteiger partial charge in [0.15, 0.2) is 0 Å². The van der Waals surface area contributed by atoms with E-state index < -0.39 is 0 Å². The van der Waals surface area contributed by atoms with Crippen LogP contribution < -0.4 is 5.32 Å². The lowest BCUT2D eigenvalue weighted by atomic mass is 9.99. The molecule has 2 rings (SSSR count). The van der Waals surface area contributed by atoms with E-state index in [1.807, 2.05) is 37.4 Å². The summed E-state index contributed by atoms with van der Waals surface area (Å²) in [5, 5.41) is 5.39. The van der Waals surface area contributed by atoms with E-state index in [4.69, 9.17) is 34.8 Å². The molecule has 2 aromatic rings. The van der Waals surface area contributed by atoms with E-state index in [2.05, 4.69) is 21.2 Å². The van der Waals surface area contributed by atoms with Gasteiger partial charge in [-0.1, -0.05) is 40.9 Å². The summed E-state index contributed by atoms with van der Waals surface area (Å²) in [6.07, 6.45) is 0.744. The lowest BCUT2D eigenvalue weighted by Crippen LogP contribution is -2.19. The molecule has 1 unspecified atom stereocenters. The highest BCUT2D eigenvalue weighted by Gasteiger charge is 2.13. The molecule has 2 aromatic carbocycles. The van der Waals surface area contributed by atoms with Gasteiger partial charge in [0.2, 0.25) is 0 Å². The SMILES string of the molecule is CNC(Cc1cc(Cl)ccc1Cl)c1ccc(Br)c(Cl)c1. The topological polar surface area (TPSA) is 12.0 Å². The fraction of sp³-hybridized carbons (Fsp3) is 0.200. The van der Waals surface area contributed by atoms with Crippen molar-refractivity contribution in [2.75, 3.05) is 7.05 Å². The zero-order valence-corrected chi connectivity index (χ0v) is 14.6. The molecule has 0 bridgehead atoms. The molecule has 0 spiro atoms. The van der Waals surface area contributed by atoms with Gasteiger partial charge in [0.25, 0.3) is 0 Å². The summed E-state index contributed by atoms with van der Waals surface area (Å²) in [7, 11) is 1.92. The van der Waals surface area contributed by atoms with E-state index in [1.165, 1.54) is 0 Å². The van der Waals surface area contributed by atoms with Crippen LogP contribution in [0.2, 0.25) is 15.1 Å². The normalized spacial score (nSPS) is 12.4. The van der Waals surface area contributed by atoms with Crippen LogP contribution in [0.4, 0.5) is 0 Å². The third kappa shape index (κ3) is 3.90. The van der Waals surface area contributed by atoms with E-state index in [9.17, 15) is 0 Å². The van der Waals surface area contributed by atoms with Crippen LogP contribution in [0, 0.1) is 0 Å². The van der Waals surface area contributed by atoms with Gasteiger partial charge in [-0.3, -0.25) is 0 Å². The van der Waals surface area contributed by atoms with Crippen molar-refractivity contribution in [3.8, 4) is 0 Å². The highest BCUT2D eigenvalue weighted by molar-refractivity contribution is 9.10. The van der Waals surface area contributed by atoms with E-state index in [0.717, 1.165) is 27.0 Å². The van der Waals surface area contributed by atoms with Gasteiger partial charge in [-0.15, -0.1) is 0 Å². The van der Waals surface area contributed by atoms with Crippen LogP contribution in [-0.4, -0.2) is 7.05 Å². The van der Waals surface area contributed by atoms with Crippen molar-refractivity contribution in [3.63, 3.8) is 0 Å². The Hall–Kier alpha value is -0.250. The molecule has 0 aliphatic carbocycles. The van der Waals surface area contributed by atoms with Gasteiger partial charge in [0, 0.05) is 20.6 Å². The molecule has 1 N–H and O–H groups in total. The number of halogens is 4. The lowest BCUT2D eigenvalue weighted by Gasteiger charge is -2.18. The van der Waals surface area contributed by atoms with Gasteiger partial charge in [-0.25, -0.2) is 0 Å². The van der Waals surface area contributed by atoms with Crippen LogP contribution in [-0.2, 0) is 6.42 Å². The molecule has 20 heavy (non-hydrogen) atoms.